The lowest BCUT2D eigenvalue weighted by molar-refractivity contribution is -0.118. The number of carbonyl (C=O) groups excluding carboxylic acids is 1. The van der Waals surface area contributed by atoms with Crippen molar-refractivity contribution in [1.82, 2.24) is 9.78 Å². The van der Waals surface area contributed by atoms with Gasteiger partial charge < -0.3 is 5.73 Å². The zero-order valence-corrected chi connectivity index (χ0v) is 9.83. The van der Waals surface area contributed by atoms with Crippen LogP contribution in [0.3, 0.4) is 0 Å². The highest BCUT2D eigenvalue weighted by atomic mass is 35.5. The molecule has 0 fully saturated rings. The molecule has 1 heterocycles. The van der Waals surface area contributed by atoms with Crippen LogP contribution < -0.4 is 10.5 Å². The molecule has 0 bridgehead atoms. The van der Waals surface area contributed by atoms with Crippen LogP contribution in [0.5, 0.6) is 0 Å². The SMILES string of the molecule is NC(=O)Cn1cc(NS(=O)(=O)CCCl)cn1. The lowest BCUT2D eigenvalue weighted by Crippen LogP contribution is -2.19. The molecule has 0 aromatic carbocycles. The van der Waals surface area contributed by atoms with Gasteiger partial charge in [0.15, 0.2) is 0 Å². The lowest BCUT2D eigenvalue weighted by atomic mass is 10.6. The number of halogens is 1. The smallest absolute Gasteiger partial charge is 0.239 e. The van der Waals surface area contributed by atoms with Gasteiger partial charge in [0.1, 0.15) is 6.54 Å². The summed E-state index contributed by atoms with van der Waals surface area (Å²) in [6, 6.07) is 0. The van der Waals surface area contributed by atoms with E-state index >= 15 is 0 Å². The number of hydrogen-bond donors (Lipinski definition) is 2. The minimum atomic E-state index is -3.45. The molecule has 16 heavy (non-hydrogen) atoms. The van der Waals surface area contributed by atoms with Gasteiger partial charge in [0.2, 0.25) is 15.9 Å². The van der Waals surface area contributed by atoms with Crippen LogP contribution in [-0.2, 0) is 21.4 Å². The Labute approximate surface area is 97.6 Å². The Morgan fingerprint density at radius 2 is 2.31 bits per heavy atom. The van der Waals surface area contributed by atoms with Gasteiger partial charge in [-0.05, 0) is 0 Å². The molecule has 0 aliphatic carbocycles. The Hall–Kier alpha value is -1.28. The molecule has 0 aliphatic heterocycles. The highest BCUT2D eigenvalue weighted by Gasteiger charge is 2.10. The summed E-state index contributed by atoms with van der Waals surface area (Å²) < 4.78 is 26.1. The summed E-state index contributed by atoms with van der Waals surface area (Å²) in [4.78, 5) is 10.6. The number of nitrogens with two attached hydrogens (primary N) is 1. The fourth-order valence-corrected chi connectivity index (χ4v) is 2.37. The topological polar surface area (TPSA) is 107 Å². The Morgan fingerprint density at radius 3 is 2.88 bits per heavy atom. The van der Waals surface area contributed by atoms with Gasteiger partial charge in [-0.15, -0.1) is 11.6 Å². The normalized spacial score (nSPS) is 11.3. The third-order valence-corrected chi connectivity index (χ3v) is 3.27. The number of anilines is 1. The molecule has 1 aromatic heterocycles. The quantitative estimate of drug-likeness (QED) is 0.667. The molecule has 0 radical (unpaired) electrons. The van der Waals surface area contributed by atoms with E-state index in [9.17, 15) is 13.2 Å². The van der Waals surface area contributed by atoms with E-state index in [1.165, 1.54) is 17.1 Å². The summed E-state index contributed by atoms with van der Waals surface area (Å²) in [5.41, 5.74) is 5.22. The molecule has 1 rings (SSSR count). The number of rotatable bonds is 6. The Bertz CT molecular complexity index is 470. The van der Waals surface area contributed by atoms with Crippen molar-refractivity contribution in [2.45, 2.75) is 6.54 Å². The first-order valence-electron chi connectivity index (χ1n) is 4.30. The number of primary amides is 1. The molecular weight excluding hydrogens is 256 g/mol. The van der Waals surface area contributed by atoms with Gasteiger partial charge in [0.05, 0.1) is 17.6 Å². The first-order valence-corrected chi connectivity index (χ1v) is 6.49. The van der Waals surface area contributed by atoms with E-state index in [-0.39, 0.29) is 23.9 Å². The van der Waals surface area contributed by atoms with E-state index in [0.29, 0.717) is 0 Å². The second kappa shape index (κ2) is 5.17. The predicted molar refractivity (Wildman–Crippen MR) is 59.6 cm³/mol. The molecule has 0 aliphatic rings. The zero-order chi connectivity index (χ0) is 12.2. The van der Waals surface area contributed by atoms with E-state index in [2.05, 4.69) is 9.82 Å². The summed E-state index contributed by atoms with van der Waals surface area (Å²) in [6.07, 6.45) is 2.66. The maximum absolute atomic E-state index is 11.3. The molecular formula is C7H11ClN4O3S. The summed E-state index contributed by atoms with van der Waals surface area (Å²) >= 11 is 5.33. The number of carbonyl (C=O) groups is 1. The third-order valence-electron chi connectivity index (χ3n) is 1.57. The Morgan fingerprint density at radius 1 is 1.62 bits per heavy atom. The number of nitrogens with one attached hydrogen (secondary N) is 1. The minimum absolute atomic E-state index is 0.00472. The second-order valence-corrected chi connectivity index (χ2v) is 5.22. The molecule has 0 saturated carbocycles. The lowest BCUT2D eigenvalue weighted by Gasteiger charge is -2.02. The average molecular weight is 267 g/mol. The van der Waals surface area contributed by atoms with E-state index in [4.69, 9.17) is 17.3 Å². The number of aromatic nitrogens is 2. The van der Waals surface area contributed by atoms with Crippen LogP contribution in [0.15, 0.2) is 12.4 Å². The maximum Gasteiger partial charge on any atom is 0.239 e. The summed E-state index contributed by atoms with van der Waals surface area (Å²) in [5.74, 6) is -0.737. The fourth-order valence-electron chi connectivity index (χ4n) is 0.995. The Kier molecular flexibility index (Phi) is 4.13. The van der Waals surface area contributed by atoms with Gasteiger partial charge >= 0.3 is 0 Å². The number of amides is 1. The van der Waals surface area contributed by atoms with Crippen LogP contribution in [0.2, 0.25) is 0 Å². The van der Waals surface area contributed by atoms with Crippen molar-refractivity contribution in [3.05, 3.63) is 12.4 Å². The van der Waals surface area contributed by atoms with Gasteiger partial charge in [-0.1, -0.05) is 0 Å². The van der Waals surface area contributed by atoms with Crippen LogP contribution in [0.4, 0.5) is 5.69 Å². The van der Waals surface area contributed by atoms with Crippen molar-refractivity contribution in [1.29, 1.82) is 0 Å². The fraction of sp³-hybridized carbons (Fsp3) is 0.429. The second-order valence-electron chi connectivity index (χ2n) is 3.00. The van der Waals surface area contributed by atoms with Crippen molar-refractivity contribution < 1.29 is 13.2 Å². The molecule has 3 N–H and O–H groups in total. The molecule has 90 valence electrons. The van der Waals surface area contributed by atoms with E-state index in [1.807, 2.05) is 0 Å². The van der Waals surface area contributed by atoms with Crippen LogP contribution in [0.1, 0.15) is 0 Å². The van der Waals surface area contributed by atoms with Gasteiger partial charge in [0.25, 0.3) is 0 Å². The summed E-state index contributed by atoms with van der Waals surface area (Å²) in [7, 11) is -3.45. The first kappa shape index (κ1) is 12.8. The molecule has 7 nitrogen and oxygen atoms in total. The van der Waals surface area contributed by atoms with Crippen molar-refractivity contribution in [2.24, 2.45) is 5.73 Å². The summed E-state index contributed by atoms with van der Waals surface area (Å²) in [6.45, 7) is -0.1000. The zero-order valence-electron chi connectivity index (χ0n) is 8.26. The first-order chi connectivity index (χ1) is 7.43. The van der Waals surface area contributed by atoms with Gasteiger partial charge in [0, 0.05) is 12.1 Å². The van der Waals surface area contributed by atoms with Crippen LogP contribution in [-0.4, -0.2) is 35.7 Å². The van der Waals surface area contributed by atoms with Crippen molar-refractivity contribution >= 4 is 33.2 Å². The minimum Gasteiger partial charge on any atom is -0.368 e. The van der Waals surface area contributed by atoms with Gasteiger partial charge in [-0.25, -0.2) is 8.42 Å². The summed E-state index contributed by atoms with van der Waals surface area (Å²) in [5, 5.41) is 3.76. The molecule has 0 unspecified atom stereocenters. The highest BCUT2D eigenvalue weighted by Crippen LogP contribution is 2.07. The van der Waals surface area contributed by atoms with Crippen molar-refractivity contribution in [3.63, 3.8) is 0 Å². The van der Waals surface area contributed by atoms with Gasteiger partial charge in [-0.3, -0.25) is 14.2 Å². The number of sulfonamides is 1. The van der Waals surface area contributed by atoms with Crippen LogP contribution in [0, 0.1) is 0 Å². The number of hydrogen-bond acceptors (Lipinski definition) is 4. The predicted octanol–water partition coefficient (Wildman–Crippen LogP) is -0.651. The molecule has 0 spiro atoms. The number of nitrogens with zero attached hydrogens (tertiary/aromatic N) is 2. The van der Waals surface area contributed by atoms with Crippen molar-refractivity contribution in [2.75, 3.05) is 16.4 Å². The highest BCUT2D eigenvalue weighted by molar-refractivity contribution is 7.92. The monoisotopic (exact) mass is 266 g/mol. The molecule has 1 aromatic rings. The van der Waals surface area contributed by atoms with E-state index in [0.717, 1.165) is 0 Å². The van der Waals surface area contributed by atoms with E-state index < -0.39 is 15.9 Å². The largest absolute Gasteiger partial charge is 0.368 e. The van der Waals surface area contributed by atoms with E-state index in [1.54, 1.807) is 0 Å². The average Bonchev–Trinajstić information content (AvgIpc) is 2.49. The van der Waals surface area contributed by atoms with Crippen molar-refractivity contribution in [3.8, 4) is 0 Å². The molecule has 9 heteroatoms. The maximum atomic E-state index is 11.3. The van der Waals surface area contributed by atoms with Gasteiger partial charge in [-0.2, -0.15) is 5.10 Å². The van der Waals surface area contributed by atoms with Crippen LogP contribution in [0.25, 0.3) is 0 Å². The molecule has 1 amide bonds. The Balaban J connectivity index is 2.69. The number of alkyl halides is 1. The standard InChI is InChI=1S/C7H11ClN4O3S/c8-1-2-16(14,15)11-6-3-10-12(4-6)5-7(9)13/h3-4,11H,1-2,5H2,(H2,9,13). The molecule has 0 atom stereocenters. The molecule has 0 saturated heterocycles. The third kappa shape index (κ3) is 4.07. The van der Waals surface area contributed by atoms with Crippen LogP contribution >= 0.6 is 11.6 Å².